The summed E-state index contributed by atoms with van der Waals surface area (Å²) >= 11 is 0. The highest BCUT2D eigenvalue weighted by Crippen LogP contribution is 2.31. The Balaban J connectivity index is 2.23. The molecule has 0 aliphatic rings. The van der Waals surface area contributed by atoms with E-state index in [4.69, 9.17) is 9.84 Å². The highest BCUT2D eigenvalue weighted by molar-refractivity contribution is 5.98. The van der Waals surface area contributed by atoms with Crippen LogP contribution >= 0.6 is 0 Å². The van der Waals surface area contributed by atoms with E-state index in [9.17, 15) is 9.59 Å². The summed E-state index contributed by atoms with van der Waals surface area (Å²) in [6.07, 6.45) is 0.363. The maximum absolute atomic E-state index is 12.4. The van der Waals surface area contributed by atoms with Crippen LogP contribution in [0.3, 0.4) is 0 Å². The Hall–Kier alpha value is -2.62. The Kier molecular flexibility index (Phi) is 5.97. The molecule has 0 amide bonds. The van der Waals surface area contributed by atoms with E-state index < -0.39 is 5.97 Å². The second-order valence-electron chi connectivity index (χ2n) is 6.41. The van der Waals surface area contributed by atoms with Gasteiger partial charge in [0.1, 0.15) is 5.75 Å². The summed E-state index contributed by atoms with van der Waals surface area (Å²) in [4.78, 5) is 23.1. The topological polar surface area (TPSA) is 63.6 Å². The van der Waals surface area contributed by atoms with Crippen LogP contribution in [0.4, 0.5) is 0 Å². The van der Waals surface area contributed by atoms with Crippen molar-refractivity contribution in [1.29, 1.82) is 0 Å². The quantitative estimate of drug-likeness (QED) is 0.744. The van der Waals surface area contributed by atoms with Crippen molar-refractivity contribution in [2.24, 2.45) is 5.92 Å². The number of hydrogen-bond acceptors (Lipinski definition) is 3. The van der Waals surface area contributed by atoms with Crippen molar-refractivity contribution in [2.75, 3.05) is 7.11 Å². The van der Waals surface area contributed by atoms with Crippen molar-refractivity contribution in [3.63, 3.8) is 0 Å². The molecule has 0 aromatic heterocycles. The smallest absolute Gasteiger partial charge is 0.303 e. The molecule has 2 aromatic rings. The van der Waals surface area contributed by atoms with E-state index in [1.165, 1.54) is 0 Å². The van der Waals surface area contributed by atoms with Crippen molar-refractivity contribution < 1.29 is 19.4 Å². The van der Waals surface area contributed by atoms with Crippen molar-refractivity contribution >= 4 is 11.8 Å². The molecule has 0 bridgehead atoms. The van der Waals surface area contributed by atoms with Gasteiger partial charge in [-0.05, 0) is 54.7 Å². The number of carboxylic acids is 1. The Morgan fingerprint density at radius 2 is 1.64 bits per heavy atom. The number of rotatable bonds is 7. The Bertz CT molecular complexity index is 752. The monoisotopic (exact) mass is 340 g/mol. The average molecular weight is 340 g/mol. The molecule has 1 atom stereocenters. The van der Waals surface area contributed by atoms with Crippen LogP contribution in [0.5, 0.6) is 5.75 Å². The number of carboxylic acid groups (broad SMARTS) is 1. The lowest BCUT2D eigenvalue weighted by molar-refractivity contribution is -0.137. The molecule has 2 rings (SSSR count). The third-order valence-electron chi connectivity index (χ3n) is 4.44. The largest absolute Gasteiger partial charge is 0.497 e. The predicted octanol–water partition coefficient (Wildman–Crippen LogP) is 4.66. The van der Waals surface area contributed by atoms with E-state index in [1.807, 2.05) is 50.2 Å². The van der Waals surface area contributed by atoms with E-state index in [1.54, 1.807) is 14.0 Å². The molecule has 0 radical (unpaired) electrons. The first kappa shape index (κ1) is 18.7. The molecule has 0 saturated heterocycles. The number of aliphatic carboxylic acids is 1. The molecule has 2 aromatic carbocycles. The predicted molar refractivity (Wildman–Crippen MR) is 98.3 cm³/mol. The number of Topliss-reactive ketones (excluding diaryl/α,β-unsaturated/α-hetero) is 1. The molecule has 0 aliphatic heterocycles. The molecular formula is C21H24O4. The zero-order chi connectivity index (χ0) is 18.6. The summed E-state index contributed by atoms with van der Waals surface area (Å²) in [7, 11) is 1.65. The fraction of sp³-hybridized carbons (Fsp3) is 0.333. The van der Waals surface area contributed by atoms with Crippen molar-refractivity contribution in [1.82, 2.24) is 0 Å². The lowest BCUT2D eigenvalue weighted by atomic mass is 9.91. The van der Waals surface area contributed by atoms with Gasteiger partial charge in [-0.2, -0.15) is 0 Å². The van der Waals surface area contributed by atoms with Gasteiger partial charge in [0, 0.05) is 17.9 Å². The SMILES string of the molecule is COc1cc(C)c(-c2ccc(C(=O)C(C)CCC(=O)O)cc2)c(C)c1. The van der Waals surface area contributed by atoms with Crippen molar-refractivity contribution in [3.8, 4) is 16.9 Å². The van der Waals surface area contributed by atoms with E-state index in [2.05, 4.69) is 0 Å². The lowest BCUT2D eigenvalue weighted by Crippen LogP contribution is -2.13. The van der Waals surface area contributed by atoms with Crippen LogP contribution in [0, 0.1) is 19.8 Å². The van der Waals surface area contributed by atoms with Gasteiger partial charge in [-0.25, -0.2) is 0 Å². The average Bonchev–Trinajstić information content (AvgIpc) is 2.58. The summed E-state index contributed by atoms with van der Waals surface area (Å²) in [5, 5.41) is 8.75. The van der Waals surface area contributed by atoms with Crippen LogP contribution < -0.4 is 4.74 Å². The number of aryl methyl sites for hydroxylation is 2. The molecule has 0 aliphatic carbocycles. The third-order valence-corrected chi connectivity index (χ3v) is 4.44. The van der Waals surface area contributed by atoms with Gasteiger partial charge in [0.15, 0.2) is 5.78 Å². The maximum Gasteiger partial charge on any atom is 0.303 e. The molecular weight excluding hydrogens is 316 g/mol. The van der Waals surface area contributed by atoms with Gasteiger partial charge in [-0.15, -0.1) is 0 Å². The molecule has 4 heteroatoms. The zero-order valence-corrected chi connectivity index (χ0v) is 15.1. The second kappa shape index (κ2) is 7.97. The fourth-order valence-corrected chi connectivity index (χ4v) is 3.05. The summed E-state index contributed by atoms with van der Waals surface area (Å²) in [5.74, 6) is -0.361. The molecule has 0 fully saturated rings. The van der Waals surface area contributed by atoms with Crippen LogP contribution in [0.15, 0.2) is 36.4 Å². The normalized spacial score (nSPS) is 11.8. The molecule has 0 saturated carbocycles. The number of hydrogen-bond donors (Lipinski definition) is 1. The van der Waals surface area contributed by atoms with E-state index in [-0.39, 0.29) is 18.1 Å². The van der Waals surface area contributed by atoms with Crippen LogP contribution in [0.1, 0.15) is 41.3 Å². The Morgan fingerprint density at radius 3 is 2.12 bits per heavy atom. The van der Waals surface area contributed by atoms with Crippen LogP contribution in [-0.4, -0.2) is 24.0 Å². The van der Waals surface area contributed by atoms with Crippen LogP contribution in [-0.2, 0) is 4.79 Å². The molecule has 0 spiro atoms. The summed E-state index contributed by atoms with van der Waals surface area (Å²) in [6, 6.07) is 11.5. The minimum absolute atomic E-state index is 0.00915. The number of ketones is 1. The van der Waals surface area contributed by atoms with E-state index in [0.717, 1.165) is 28.0 Å². The van der Waals surface area contributed by atoms with Crippen LogP contribution in [0.25, 0.3) is 11.1 Å². The fourth-order valence-electron chi connectivity index (χ4n) is 3.05. The van der Waals surface area contributed by atoms with E-state index >= 15 is 0 Å². The van der Waals surface area contributed by atoms with Gasteiger partial charge < -0.3 is 9.84 Å². The standard InChI is InChI=1S/C21H24O4/c1-13(5-10-19(22)23)21(24)17-8-6-16(7-9-17)20-14(2)11-18(25-4)12-15(20)3/h6-9,11-13H,5,10H2,1-4H3,(H,22,23). The Morgan fingerprint density at radius 1 is 1.08 bits per heavy atom. The van der Waals surface area contributed by atoms with E-state index in [0.29, 0.717) is 12.0 Å². The minimum atomic E-state index is -0.875. The number of carbonyl (C=O) groups excluding carboxylic acids is 1. The Labute approximate surface area is 148 Å². The highest BCUT2D eigenvalue weighted by atomic mass is 16.5. The summed E-state index contributed by atoms with van der Waals surface area (Å²) in [6.45, 7) is 5.85. The van der Waals surface area contributed by atoms with Gasteiger partial charge in [0.05, 0.1) is 7.11 Å². The van der Waals surface area contributed by atoms with Gasteiger partial charge >= 0.3 is 5.97 Å². The van der Waals surface area contributed by atoms with Crippen molar-refractivity contribution in [3.05, 3.63) is 53.1 Å². The van der Waals surface area contributed by atoms with Crippen LogP contribution in [0.2, 0.25) is 0 Å². The molecule has 25 heavy (non-hydrogen) atoms. The molecule has 1 N–H and O–H groups in total. The summed E-state index contributed by atoms with van der Waals surface area (Å²) < 4.78 is 5.30. The molecule has 1 unspecified atom stereocenters. The van der Waals surface area contributed by atoms with Crippen molar-refractivity contribution in [2.45, 2.75) is 33.6 Å². The first-order chi connectivity index (χ1) is 11.8. The third kappa shape index (κ3) is 4.47. The molecule has 4 nitrogen and oxygen atoms in total. The number of methoxy groups -OCH3 is 1. The first-order valence-corrected chi connectivity index (χ1v) is 8.35. The first-order valence-electron chi connectivity index (χ1n) is 8.35. The number of benzene rings is 2. The lowest BCUT2D eigenvalue weighted by Gasteiger charge is -2.14. The number of ether oxygens (including phenoxy) is 1. The van der Waals surface area contributed by atoms with Gasteiger partial charge in [0.2, 0.25) is 0 Å². The summed E-state index contributed by atoms with van der Waals surface area (Å²) in [5.41, 5.74) is 5.04. The second-order valence-corrected chi connectivity index (χ2v) is 6.41. The van der Waals surface area contributed by atoms with Gasteiger partial charge in [0.25, 0.3) is 0 Å². The molecule has 132 valence electrons. The zero-order valence-electron chi connectivity index (χ0n) is 15.1. The van der Waals surface area contributed by atoms with Gasteiger partial charge in [-0.1, -0.05) is 31.2 Å². The highest BCUT2D eigenvalue weighted by Gasteiger charge is 2.17. The number of carbonyl (C=O) groups is 2. The maximum atomic E-state index is 12.4. The minimum Gasteiger partial charge on any atom is -0.497 e. The van der Waals surface area contributed by atoms with Gasteiger partial charge in [-0.3, -0.25) is 9.59 Å². The molecule has 0 heterocycles.